The molecular weight excluding hydrogens is 194 g/mol. The van der Waals surface area contributed by atoms with Gasteiger partial charge in [-0.1, -0.05) is 5.21 Å². The minimum absolute atomic E-state index is 0.0137. The Kier molecular flexibility index (Phi) is 1.95. The number of hydrogen-bond donors (Lipinski definition) is 1. The molecule has 1 N–H and O–H groups in total. The molecule has 3 rings (SSSR count). The highest BCUT2D eigenvalue weighted by atomic mass is 16.2. The number of amides is 1. The van der Waals surface area contributed by atoms with Gasteiger partial charge >= 0.3 is 0 Å². The summed E-state index contributed by atoms with van der Waals surface area (Å²) in [5.74, 6) is 0.0137. The van der Waals surface area contributed by atoms with Gasteiger partial charge in [0.2, 0.25) is 0 Å². The first-order valence-electron chi connectivity index (χ1n) is 5.26. The van der Waals surface area contributed by atoms with Crippen LogP contribution in [0, 0.1) is 0 Å². The third-order valence-corrected chi connectivity index (χ3v) is 3.01. The molecule has 0 unspecified atom stereocenters. The molecule has 0 spiro atoms. The summed E-state index contributed by atoms with van der Waals surface area (Å²) < 4.78 is 1.78. The minimum Gasteiger partial charge on any atom is -0.337 e. The van der Waals surface area contributed by atoms with E-state index in [0.717, 1.165) is 32.6 Å². The Labute approximate surface area is 87.2 Å². The van der Waals surface area contributed by atoms with Gasteiger partial charge in [-0.3, -0.25) is 4.79 Å². The predicted molar refractivity (Wildman–Crippen MR) is 52.4 cm³/mol. The van der Waals surface area contributed by atoms with E-state index in [-0.39, 0.29) is 5.91 Å². The summed E-state index contributed by atoms with van der Waals surface area (Å²) in [5.41, 5.74) is 0.474. The zero-order valence-corrected chi connectivity index (χ0v) is 8.39. The van der Waals surface area contributed by atoms with Gasteiger partial charge in [0.25, 0.3) is 5.91 Å². The third-order valence-electron chi connectivity index (χ3n) is 3.01. The monoisotopic (exact) mass is 207 g/mol. The standard InChI is InChI=1S/C9H13N5O/c15-9(13-2-1-3-13)8-6-14(12-11-8)7-4-10-5-7/h6-7,10H,1-5H2. The SMILES string of the molecule is O=C(c1cn(C2CNC2)nn1)N1CCC1. The lowest BCUT2D eigenvalue weighted by Crippen LogP contribution is -2.43. The predicted octanol–water partition coefficient (Wildman–Crippen LogP) is -0.732. The fourth-order valence-corrected chi connectivity index (χ4v) is 1.69. The molecule has 0 saturated carbocycles. The van der Waals surface area contributed by atoms with Gasteiger partial charge in [-0.25, -0.2) is 4.68 Å². The van der Waals surface area contributed by atoms with E-state index >= 15 is 0 Å². The Morgan fingerprint density at radius 1 is 1.47 bits per heavy atom. The van der Waals surface area contributed by atoms with E-state index in [2.05, 4.69) is 15.6 Å². The van der Waals surface area contributed by atoms with Crippen LogP contribution >= 0.6 is 0 Å². The highest BCUT2D eigenvalue weighted by Gasteiger charge is 2.26. The van der Waals surface area contributed by atoms with Crippen LogP contribution in [0.15, 0.2) is 6.20 Å². The van der Waals surface area contributed by atoms with Crippen molar-refractivity contribution in [3.8, 4) is 0 Å². The zero-order valence-electron chi connectivity index (χ0n) is 8.39. The first kappa shape index (κ1) is 8.84. The lowest BCUT2D eigenvalue weighted by atomic mass is 10.2. The maximum Gasteiger partial charge on any atom is 0.276 e. The molecule has 15 heavy (non-hydrogen) atoms. The molecule has 2 saturated heterocycles. The second-order valence-electron chi connectivity index (χ2n) is 4.04. The van der Waals surface area contributed by atoms with Crippen molar-refractivity contribution in [1.29, 1.82) is 0 Å². The van der Waals surface area contributed by atoms with Gasteiger partial charge in [-0.05, 0) is 6.42 Å². The summed E-state index contributed by atoms with van der Waals surface area (Å²) in [7, 11) is 0. The normalized spacial score (nSPS) is 20.9. The van der Waals surface area contributed by atoms with Crippen molar-refractivity contribution in [1.82, 2.24) is 25.2 Å². The number of carbonyl (C=O) groups is 1. The Morgan fingerprint density at radius 2 is 2.27 bits per heavy atom. The third kappa shape index (κ3) is 1.41. The molecule has 3 heterocycles. The zero-order chi connectivity index (χ0) is 10.3. The van der Waals surface area contributed by atoms with Crippen molar-refractivity contribution in [2.24, 2.45) is 0 Å². The first-order chi connectivity index (χ1) is 7.34. The van der Waals surface area contributed by atoms with Gasteiger partial charge in [-0.15, -0.1) is 5.10 Å². The van der Waals surface area contributed by atoms with Crippen LogP contribution in [0.5, 0.6) is 0 Å². The van der Waals surface area contributed by atoms with E-state index in [1.807, 2.05) is 0 Å². The Morgan fingerprint density at radius 3 is 2.80 bits per heavy atom. The van der Waals surface area contributed by atoms with Crippen molar-refractivity contribution in [2.45, 2.75) is 12.5 Å². The summed E-state index contributed by atoms with van der Waals surface area (Å²) >= 11 is 0. The van der Waals surface area contributed by atoms with Crippen molar-refractivity contribution < 1.29 is 4.79 Å². The van der Waals surface area contributed by atoms with Crippen LogP contribution in [0.2, 0.25) is 0 Å². The van der Waals surface area contributed by atoms with Gasteiger partial charge in [0.15, 0.2) is 5.69 Å². The maximum atomic E-state index is 11.8. The summed E-state index contributed by atoms with van der Waals surface area (Å²) in [4.78, 5) is 13.6. The van der Waals surface area contributed by atoms with Gasteiger partial charge in [0.05, 0.1) is 12.2 Å². The molecule has 0 aliphatic carbocycles. The average Bonchev–Trinajstić information content (AvgIpc) is 2.46. The topological polar surface area (TPSA) is 63.1 Å². The number of rotatable bonds is 2. The number of carbonyl (C=O) groups excluding carboxylic acids is 1. The van der Waals surface area contributed by atoms with Gasteiger partial charge in [0.1, 0.15) is 0 Å². The number of aromatic nitrogens is 3. The highest BCUT2D eigenvalue weighted by molar-refractivity contribution is 5.92. The van der Waals surface area contributed by atoms with Crippen LogP contribution in [0.3, 0.4) is 0 Å². The molecule has 1 amide bonds. The van der Waals surface area contributed by atoms with Crippen molar-refractivity contribution in [3.63, 3.8) is 0 Å². The quantitative estimate of drug-likeness (QED) is 0.694. The van der Waals surface area contributed by atoms with Gasteiger partial charge < -0.3 is 10.2 Å². The van der Waals surface area contributed by atoms with E-state index in [1.165, 1.54) is 0 Å². The Hall–Kier alpha value is -1.43. The largest absolute Gasteiger partial charge is 0.337 e. The Bertz CT molecular complexity index is 380. The summed E-state index contributed by atoms with van der Waals surface area (Å²) in [6.07, 6.45) is 2.86. The number of nitrogens with one attached hydrogen (secondary N) is 1. The first-order valence-corrected chi connectivity index (χ1v) is 5.26. The van der Waals surface area contributed by atoms with Crippen molar-refractivity contribution in [2.75, 3.05) is 26.2 Å². The van der Waals surface area contributed by atoms with Gasteiger partial charge in [0, 0.05) is 26.2 Å². The Balaban J connectivity index is 1.74. The van der Waals surface area contributed by atoms with Crippen LogP contribution in [0.4, 0.5) is 0 Å². The number of hydrogen-bond acceptors (Lipinski definition) is 4. The molecule has 1 aromatic heterocycles. The fourth-order valence-electron chi connectivity index (χ4n) is 1.69. The van der Waals surface area contributed by atoms with Gasteiger partial charge in [-0.2, -0.15) is 0 Å². The van der Waals surface area contributed by atoms with Crippen LogP contribution in [0.1, 0.15) is 23.0 Å². The molecule has 2 aliphatic rings. The number of likely N-dealkylation sites (tertiary alicyclic amines) is 1. The van der Waals surface area contributed by atoms with Crippen molar-refractivity contribution >= 4 is 5.91 Å². The van der Waals surface area contributed by atoms with E-state index in [0.29, 0.717) is 11.7 Å². The van der Waals surface area contributed by atoms with E-state index < -0.39 is 0 Å². The molecule has 2 fully saturated rings. The summed E-state index contributed by atoms with van der Waals surface area (Å²) in [6, 6.07) is 0.371. The molecule has 6 nitrogen and oxygen atoms in total. The smallest absolute Gasteiger partial charge is 0.276 e. The molecule has 80 valence electrons. The fraction of sp³-hybridized carbons (Fsp3) is 0.667. The molecule has 0 bridgehead atoms. The minimum atomic E-state index is 0.0137. The lowest BCUT2D eigenvalue weighted by molar-refractivity contribution is 0.0645. The van der Waals surface area contributed by atoms with E-state index in [9.17, 15) is 4.79 Å². The van der Waals surface area contributed by atoms with Crippen LogP contribution < -0.4 is 5.32 Å². The maximum absolute atomic E-state index is 11.8. The molecule has 6 heteroatoms. The van der Waals surface area contributed by atoms with E-state index in [1.54, 1.807) is 15.8 Å². The molecule has 0 atom stereocenters. The second kappa shape index (κ2) is 3.30. The molecule has 2 aliphatic heterocycles. The highest BCUT2D eigenvalue weighted by Crippen LogP contribution is 2.13. The molecule has 0 radical (unpaired) electrons. The van der Waals surface area contributed by atoms with E-state index in [4.69, 9.17) is 0 Å². The van der Waals surface area contributed by atoms with Crippen LogP contribution in [0.25, 0.3) is 0 Å². The summed E-state index contributed by atoms with van der Waals surface area (Å²) in [6.45, 7) is 3.55. The molecule has 1 aromatic rings. The lowest BCUT2D eigenvalue weighted by Gasteiger charge is -2.30. The number of nitrogens with zero attached hydrogens (tertiary/aromatic N) is 4. The molecular formula is C9H13N5O. The van der Waals surface area contributed by atoms with Crippen molar-refractivity contribution in [3.05, 3.63) is 11.9 Å². The van der Waals surface area contributed by atoms with Crippen LogP contribution in [-0.4, -0.2) is 52.0 Å². The second-order valence-corrected chi connectivity index (χ2v) is 4.04. The molecule has 0 aromatic carbocycles. The average molecular weight is 207 g/mol. The summed E-state index contributed by atoms with van der Waals surface area (Å²) in [5, 5.41) is 11.1. The van der Waals surface area contributed by atoms with Crippen LogP contribution in [-0.2, 0) is 0 Å².